The number of ketones is 1. The van der Waals surface area contributed by atoms with E-state index in [9.17, 15) is 34.2 Å². The number of Topliss-reactive ketones (excluding diaryl/α,β-unsaturated/α-hetero) is 1. The van der Waals surface area contributed by atoms with E-state index >= 15 is 0 Å². The number of carbonyl (C=O) groups excluding carboxylic acids is 5. The number of esters is 4. The van der Waals surface area contributed by atoms with Crippen LogP contribution in [0.4, 0.5) is 0 Å². The van der Waals surface area contributed by atoms with Gasteiger partial charge in [-0.25, -0.2) is 9.59 Å². The maximum Gasteiger partial charge on any atom is 0.338 e. The third-order valence-corrected chi connectivity index (χ3v) is 11.1. The van der Waals surface area contributed by atoms with Crippen LogP contribution in [0.1, 0.15) is 75.1 Å². The van der Waals surface area contributed by atoms with Crippen molar-refractivity contribution in [3.05, 3.63) is 84.4 Å². The first-order valence-electron chi connectivity index (χ1n) is 16.4. The van der Waals surface area contributed by atoms with Gasteiger partial charge in [0.25, 0.3) is 0 Å². The summed E-state index contributed by atoms with van der Waals surface area (Å²) >= 11 is 0. The number of ether oxygens (including phenoxy) is 4. The lowest BCUT2D eigenvalue weighted by Gasteiger charge is -2.69. The van der Waals surface area contributed by atoms with Crippen LogP contribution < -0.4 is 0 Å². The van der Waals surface area contributed by atoms with E-state index in [0.29, 0.717) is 0 Å². The van der Waals surface area contributed by atoms with E-state index in [2.05, 4.69) is 6.58 Å². The van der Waals surface area contributed by atoms with Crippen LogP contribution in [-0.4, -0.2) is 76.0 Å². The molecule has 11 heteroatoms. The van der Waals surface area contributed by atoms with Gasteiger partial charge >= 0.3 is 23.9 Å². The van der Waals surface area contributed by atoms with Crippen molar-refractivity contribution in [1.82, 2.24) is 0 Å². The zero-order valence-corrected chi connectivity index (χ0v) is 28.6. The lowest BCUT2D eigenvalue weighted by Crippen LogP contribution is -2.80. The summed E-state index contributed by atoms with van der Waals surface area (Å²) < 4.78 is 24.2. The molecule has 11 nitrogen and oxygen atoms in total. The van der Waals surface area contributed by atoms with Gasteiger partial charge in [-0.3, -0.25) is 14.4 Å². The molecular formula is C38H44O11. The van der Waals surface area contributed by atoms with E-state index in [1.54, 1.807) is 76.2 Å². The first-order valence-corrected chi connectivity index (χ1v) is 16.4. The molecule has 3 aliphatic carbocycles. The Balaban J connectivity index is 1.77. The molecular weight excluding hydrogens is 632 g/mol. The van der Waals surface area contributed by atoms with E-state index < -0.39 is 93.9 Å². The minimum atomic E-state index is -2.55. The van der Waals surface area contributed by atoms with Crippen LogP contribution in [0.25, 0.3) is 0 Å². The van der Waals surface area contributed by atoms with E-state index in [1.165, 1.54) is 25.1 Å². The largest absolute Gasteiger partial charge is 0.458 e. The van der Waals surface area contributed by atoms with Gasteiger partial charge in [0.05, 0.1) is 22.6 Å². The average Bonchev–Trinajstić information content (AvgIpc) is 3.05. The van der Waals surface area contributed by atoms with Gasteiger partial charge in [0.2, 0.25) is 0 Å². The fraction of sp³-hybridized carbons (Fsp3) is 0.500. The molecule has 0 amide bonds. The zero-order chi connectivity index (χ0) is 36.1. The summed E-state index contributed by atoms with van der Waals surface area (Å²) in [7, 11) is 0. The number of hydrogen-bond acceptors (Lipinski definition) is 11. The normalized spacial score (nSPS) is 36.2. The van der Waals surface area contributed by atoms with Crippen molar-refractivity contribution in [2.45, 2.75) is 90.5 Å². The monoisotopic (exact) mass is 676 g/mol. The minimum absolute atomic E-state index is 0.124. The Bertz CT molecular complexity index is 1640. The second-order valence-electron chi connectivity index (χ2n) is 14.6. The number of benzene rings is 2. The van der Waals surface area contributed by atoms with Crippen LogP contribution in [0.2, 0.25) is 0 Å². The fourth-order valence-corrected chi connectivity index (χ4v) is 8.96. The van der Waals surface area contributed by atoms with Crippen molar-refractivity contribution in [1.29, 1.82) is 0 Å². The van der Waals surface area contributed by atoms with Gasteiger partial charge in [0, 0.05) is 37.0 Å². The van der Waals surface area contributed by atoms with Gasteiger partial charge in [0.15, 0.2) is 17.5 Å². The number of aliphatic hydroxyl groups excluding tert-OH is 1. The van der Waals surface area contributed by atoms with Crippen molar-refractivity contribution in [3.8, 4) is 0 Å². The third kappa shape index (κ3) is 5.86. The Labute approximate surface area is 285 Å². The highest BCUT2D eigenvalue weighted by molar-refractivity contribution is 5.96. The van der Waals surface area contributed by atoms with Gasteiger partial charge in [-0.15, -0.1) is 6.58 Å². The molecule has 0 aliphatic heterocycles. The second-order valence-corrected chi connectivity index (χ2v) is 14.6. The molecule has 49 heavy (non-hydrogen) atoms. The lowest BCUT2D eigenvalue weighted by atomic mass is 9.38. The van der Waals surface area contributed by atoms with Crippen molar-refractivity contribution >= 4 is 29.7 Å². The SMILES string of the molecule is C=C[C@@]1(C)C[C@@H](OC(=O)c2ccccc2)[C@H]2[C@](O)(C1=O)[C@H](O)C[C@H]1C(C)(C)[C@H](OC(C)=O)[C@H](OC(C)=O)[C@H](OC(=O)c3ccccc3)[C@@]12C. The van der Waals surface area contributed by atoms with Crippen molar-refractivity contribution < 1.29 is 53.1 Å². The summed E-state index contributed by atoms with van der Waals surface area (Å²) in [6.07, 6.45) is -6.01. The van der Waals surface area contributed by atoms with E-state index in [0.717, 1.165) is 6.92 Å². The molecule has 3 fully saturated rings. The Morgan fingerprint density at radius 1 is 0.796 bits per heavy atom. The maximum absolute atomic E-state index is 14.5. The molecule has 262 valence electrons. The van der Waals surface area contributed by atoms with Gasteiger partial charge in [-0.05, 0) is 43.5 Å². The Hall–Kier alpha value is -4.35. The number of rotatable bonds is 7. The molecule has 0 unspecified atom stereocenters. The molecule has 2 aromatic carbocycles. The summed E-state index contributed by atoms with van der Waals surface area (Å²) in [4.78, 5) is 67.3. The first kappa shape index (κ1) is 35.9. The summed E-state index contributed by atoms with van der Waals surface area (Å²) in [6, 6.07) is 16.2. The molecule has 3 saturated carbocycles. The van der Waals surface area contributed by atoms with Gasteiger partial charge < -0.3 is 29.2 Å². The summed E-state index contributed by atoms with van der Waals surface area (Å²) in [5.74, 6) is -5.93. The number of carbonyl (C=O) groups is 5. The topological polar surface area (TPSA) is 163 Å². The van der Waals surface area contributed by atoms with Crippen LogP contribution >= 0.6 is 0 Å². The number of allylic oxidation sites excluding steroid dienone is 1. The number of aliphatic hydroxyl groups is 2. The quantitative estimate of drug-likeness (QED) is 0.245. The molecule has 2 aromatic rings. The lowest BCUT2D eigenvalue weighted by molar-refractivity contribution is -0.313. The van der Waals surface area contributed by atoms with E-state index in [1.807, 2.05) is 0 Å². The van der Waals surface area contributed by atoms with Crippen LogP contribution in [0.3, 0.4) is 0 Å². The van der Waals surface area contributed by atoms with E-state index in [-0.39, 0.29) is 24.0 Å². The van der Waals surface area contributed by atoms with Gasteiger partial charge in [0.1, 0.15) is 18.3 Å². The predicted octanol–water partition coefficient (Wildman–Crippen LogP) is 4.24. The van der Waals surface area contributed by atoms with Crippen molar-refractivity contribution in [2.75, 3.05) is 0 Å². The van der Waals surface area contributed by atoms with Crippen molar-refractivity contribution in [3.63, 3.8) is 0 Å². The number of fused-ring (bicyclic) bond motifs is 3. The maximum atomic E-state index is 14.5. The van der Waals surface area contributed by atoms with Gasteiger partial charge in [-0.2, -0.15) is 0 Å². The Morgan fingerprint density at radius 2 is 1.31 bits per heavy atom. The average molecular weight is 677 g/mol. The second kappa shape index (κ2) is 12.8. The molecule has 5 rings (SSSR count). The van der Waals surface area contributed by atoms with Crippen molar-refractivity contribution in [2.24, 2.45) is 28.1 Å². The summed E-state index contributed by atoms with van der Waals surface area (Å²) in [5.41, 5.74) is -6.29. The molecule has 0 aromatic heterocycles. The summed E-state index contributed by atoms with van der Waals surface area (Å²) in [6.45, 7) is 12.9. The Kier molecular flexibility index (Phi) is 9.42. The van der Waals surface area contributed by atoms with Crippen LogP contribution in [0.15, 0.2) is 73.3 Å². The highest BCUT2D eigenvalue weighted by Gasteiger charge is 2.78. The predicted molar refractivity (Wildman–Crippen MR) is 175 cm³/mol. The molecule has 3 aliphatic rings. The third-order valence-electron chi connectivity index (χ3n) is 11.1. The highest BCUT2D eigenvalue weighted by Crippen LogP contribution is 2.67. The van der Waals surface area contributed by atoms with Gasteiger partial charge in [-0.1, -0.05) is 63.2 Å². The molecule has 2 N–H and O–H groups in total. The molecule has 0 spiro atoms. The zero-order valence-electron chi connectivity index (χ0n) is 28.6. The first-order chi connectivity index (χ1) is 22.9. The Morgan fingerprint density at radius 3 is 1.80 bits per heavy atom. The molecule has 0 bridgehead atoms. The molecule has 10 atom stereocenters. The summed E-state index contributed by atoms with van der Waals surface area (Å²) in [5, 5.41) is 24.6. The fourth-order valence-electron chi connectivity index (χ4n) is 8.96. The molecule has 0 radical (unpaired) electrons. The number of hydrogen-bond donors (Lipinski definition) is 2. The standard InChI is InChI=1S/C38H44O11/c1-8-36(6)20-25(48-32(42)23-15-11-9-12-16-23)29-37(7)26(19-27(41)38(29,45)34(36)44)35(4,5)30(47-22(3)40)28(46-21(2)39)31(37)49-33(43)24-17-13-10-14-18-24/h8-18,25-31,41,45H,1,19-20H2,2-7H3/t25-,26+,27-,28+,29-,30-,31+,36+,37+,38+/m1/s1. The molecule has 0 saturated heterocycles. The highest BCUT2D eigenvalue weighted by atomic mass is 16.6. The minimum Gasteiger partial charge on any atom is -0.458 e. The molecule has 0 heterocycles. The smallest absolute Gasteiger partial charge is 0.338 e. The van der Waals surface area contributed by atoms with Crippen LogP contribution in [0, 0.1) is 28.1 Å². The van der Waals surface area contributed by atoms with Crippen LogP contribution in [0.5, 0.6) is 0 Å². The van der Waals surface area contributed by atoms with E-state index in [4.69, 9.17) is 18.9 Å². The van der Waals surface area contributed by atoms with Crippen LogP contribution in [-0.2, 0) is 33.3 Å².